The summed E-state index contributed by atoms with van der Waals surface area (Å²) in [5.74, 6) is -0.188. The predicted octanol–water partition coefficient (Wildman–Crippen LogP) is 3.02. The van der Waals surface area contributed by atoms with Gasteiger partial charge in [0, 0.05) is 0 Å². The highest BCUT2D eigenvalue weighted by atomic mass is 16.6. The molecule has 0 spiro atoms. The summed E-state index contributed by atoms with van der Waals surface area (Å²) in [5, 5.41) is 9.95. The van der Waals surface area contributed by atoms with Gasteiger partial charge in [0.05, 0.1) is 0 Å². The maximum absolute atomic E-state index is 12.7. The largest absolute Gasteiger partial charge is 0.365 e. The Bertz CT molecular complexity index is 734. The van der Waals surface area contributed by atoms with Crippen molar-refractivity contribution in [2.75, 3.05) is 0 Å². The van der Waals surface area contributed by atoms with Crippen molar-refractivity contribution in [1.82, 2.24) is 0 Å². The smallest absolute Gasteiger partial charge is 0.196 e. The second-order valence-electron chi connectivity index (χ2n) is 5.58. The normalized spacial score (nSPS) is 24.5. The number of ether oxygens (including phenoxy) is 1. The van der Waals surface area contributed by atoms with Gasteiger partial charge in [0.25, 0.3) is 0 Å². The molecular formula is C19H18O3. The summed E-state index contributed by atoms with van der Waals surface area (Å²) >= 11 is 0. The molecule has 1 N–H and O–H groups in total. The van der Waals surface area contributed by atoms with Crippen LogP contribution in [0.15, 0.2) is 60.7 Å². The zero-order chi connectivity index (χ0) is 15.7. The topological polar surface area (TPSA) is 46.5 Å². The quantitative estimate of drug-likeness (QED) is 0.926. The Morgan fingerprint density at radius 3 is 2.41 bits per heavy atom. The highest BCUT2D eigenvalue weighted by molar-refractivity contribution is 6.01. The number of ketones is 1. The number of aryl methyl sites for hydroxylation is 2. The van der Waals surface area contributed by atoms with E-state index in [1.165, 1.54) is 12.2 Å². The van der Waals surface area contributed by atoms with Crippen molar-refractivity contribution in [3.63, 3.8) is 0 Å². The molecule has 2 aromatic carbocycles. The zero-order valence-corrected chi connectivity index (χ0v) is 12.6. The van der Waals surface area contributed by atoms with Crippen LogP contribution in [0.1, 0.15) is 22.3 Å². The fourth-order valence-electron chi connectivity index (χ4n) is 2.79. The summed E-state index contributed by atoms with van der Waals surface area (Å²) in [6.07, 6.45) is 1.65. The van der Waals surface area contributed by atoms with E-state index in [4.69, 9.17) is 4.74 Å². The maximum atomic E-state index is 12.7. The van der Waals surface area contributed by atoms with Crippen LogP contribution in [-0.2, 0) is 15.1 Å². The maximum Gasteiger partial charge on any atom is 0.196 e. The lowest BCUT2D eigenvalue weighted by atomic mass is 9.80. The van der Waals surface area contributed by atoms with E-state index in [-0.39, 0.29) is 5.78 Å². The molecule has 2 atom stereocenters. The van der Waals surface area contributed by atoms with Gasteiger partial charge in [-0.2, -0.15) is 0 Å². The molecule has 1 aliphatic rings. The van der Waals surface area contributed by atoms with Gasteiger partial charge < -0.3 is 9.84 Å². The first-order chi connectivity index (χ1) is 10.5. The fourth-order valence-corrected chi connectivity index (χ4v) is 2.79. The number of hydrogen-bond donors (Lipinski definition) is 1. The summed E-state index contributed by atoms with van der Waals surface area (Å²) in [6.45, 7) is 4.02. The van der Waals surface area contributed by atoms with E-state index in [9.17, 15) is 9.90 Å². The van der Waals surface area contributed by atoms with Gasteiger partial charge in [-0.1, -0.05) is 48.5 Å². The molecule has 0 saturated carbocycles. The van der Waals surface area contributed by atoms with Crippen LogP contribution in [0.2, 0.25) is 0 Å². The van der Waals surface area contributed by atoms with Crippen molar-refractivity contribution in [2.45, 2.75) is 25.7 Å². The molecule has 3 heteroatoms. The highest BCUT2D eigenvalue weighted by Crippen LogP contribution is 2.39. The lowest BCUT2D eigenvalue weighted by Gasteiger charge is -2.36. The average Bonchev–Trinajstić information content (AvgIpc) is 2.53. The van der Waals surface area contributed by atoms with Crippen molar-refractivity contribution in [3.8, 4) is 0 Å². The molecule has 2 aromatic rings. The molecule has 0 bridgehead atoms. The van der Waals surface area contributed by atoms with Crippen molar-refractivity contribution in [3.05, 3.63) is 82.9 Å². The molecular weight excluding hydrogens is 276 g/mol. The van der Waals surface area contributed by atoms with Gasteiger partial charge in [-0.25, -0.2) is 0 Å². The minimum atomic E-state index is -1.30. The van der Waals surface area contributed by atoms with Gasteiger partial charge in [0.15, 0.2) is 17.7 Å². The molecule has 0 aliphatic carbocycles. The summed E-state index contributed by atoms with van der Waals surface area (Å²) in [4.78, 5) is 12.7. The number of benzene rings is 2. The van der Waals surface area contributed by atoms with E-state index in [2.05, 4.69) is 0 Å². The zero-order valence-electron chi connectivity index (χ0n) is 12.6. The van der Waals surface area contributed by atoms with Gasteiger partial charge in [-0.15, -0.1) is 0 Å². The Labute approximate surface area is 129 Å². The Morgan fingerprint density at radius 1 is 1.00 bits per heavy atom. The van der Waals surface area contributed by atoms with E-state index >= 15 is 0 Å². The highest BCUT2D eigenvalue weighted by Gasteiger charge is 2.45. The van der Waals surface area contributed by atoms with Crippen molar-refractivity contribution >= 4 is 5.78 Å². The Hall–Kier alpha value is -2.23. The van der Waals surface area contributed by atoms with Crippen molar-refractivity contribution in [2.24, 2.45) is 0 Å². The van der Waals surface area contributed by atoms with E-state index in [0.717, 1.165) is 16.7 Å². The molecule has 0 amide bonds. The first-order valence-corrected chi connectivity index (χ1v) is 7.26. The molecule has 3 rings (SSSR count). The van der Waals surface area contributed by atoms with E-state index in [1.54, 1.807) is 0 Å². The number of rotatable bonds is 2. The van der Waals surface area contributed by atoms with Crippen LogP contribution in [0.5, 0.6) is 0 Å². The lowest BCUT2D eigenvalue weighted by Crippen LogP contribution is -2.44. The standard InChI is InChI=1S/C19H18O3/c1-13-8-9-16(12-14(13)2)19(15-6-4-3-5-7-15)17(20)10-11-18(21)22-19/h3-12,18,21H,1-2H3/t18-,19-/m0/s1. The second kappa shape index (κ2) is 5.52. The first kappa shape index (κ1) is 14.7. The molecule has 112 valence electrons. The van der Waals surface area contributed by atoms with E-state index in [1.807, 2.05) is 62.4 Å². The SMILES string of the molecule is Cc1ccc([C@]2(c3ccccc3)O[C@H](O)C=CC2=O)cc1C. The third-order valence-electron chi connectivity index (χ3n) is 4.15. The van der Waals surface area contributed by atoms with Gasteiger partial charge in [0.2, 0.25) is 0 Å². The minimum absolute atomic E-state index is 0.188. The molecule has 1 heterocycles. The molecule has 0 aromatic heterocycles. The summed E-state index contributed by atoms with van der Waals surface area (Å²) in [6, 6.07) is 15.1. The van der Waals surface area contributed by atoms with Crippen molar-refractivity contribution in [1.29, 1.82) is 0 Å². The van der Waals surface area contributed by atoms with Gasteiger partial charge >= 0.3 is 0 Å². The molecule has 0 unspecified atom stereocenters. The van der Waals surface area contributed by atoms with Crippen LogP contribution >= 0.6 is 0 Å². The molecule has 0 fully saturated rings. The van der Waals surface area contributed by atoms with Crippen LogP contribution < -0.4 is 0 Å². The Kier molecular flexibility index (Phi) is 3.69. The summed E-state index contributed by atoms with van der Waals surface area (Å²) < 4.78 is 5.77. The Morgan fingerprint density at radius 2 is 1.73 bits per heavy atom. The number of hydrogen-bond acceptors (Lipinski definition) is 3. The lowest BCUT2D eigenvalue weighted by molar-refractivity contribution is -0.170. The van der Waals surface area contributed by atoms with E-state index in [0.29, 0.717) is 5.56 Å². The van der Waals surface area contributed by atoms with Gasteiger partial charge in [-0.3, -0.25) is 4.79 Å². The summed E-state index contributed by atoms with van der Waals surface area (Å²) in [7, 11) is 0. The number of aliphatic hydroxyl groups is 1. The van der Waals surface area contributed by atoms with Crippen LogP contribution in [0, 0.1) is 13.8 Å². The Balaban J connectivity index is 2.26. The number of carbonyl (C=O) groups excluding carboxylic acids is 1. The molecule has 22 heavy (non-hydrogen) atoms. The van der Waals surface area contributed by atoms with Gasteiger partial charge in [0.1, 0.15) is 0 Å². The second-order valence-corrected chi connectivity index (χ2v) is 5.58. The van der Waals surface area contributed by atoms with E-state index < -0.39 is 11.9 Å². The molecule has 3 nitrogen and oxygen atoms in total. The summed E-state index contributed by atoms with van der Waals surface area (Å²) in [5.41, 5.74) is 2.37. The predicted molar refractivity (Wildman–Crippen MR) is 84.4 cm³/mol. The molecule has 0 radical (unpaired) electrons. The first-order valence-electron chi connectivity index (χ1n) is 7.26. The van der Waals surface area contributed by atoms with Crippen molar-refractivity contribution < 1.29 is 14.6 Å². The van der Waals surface area contributed by atoms with Crippen LogP contribution in [0.25, 0.3) is 0 Å². The fraction of sp³-hybridized carbons (Fsp3) is 0.211. The number of carbonyl (C=O) groups is 1. The van der Waals surface area contributed by atoms with Crippen LogP contribution in [-0.4, -0.2) is 17.2 Å². The minimum Gasteiger partial charge on any atom is -0.365 e. The number of aliphatic hydroxyl groups excluding tert-OH is 1. The molecule has 1 aliphatic heterocycles. The third kappa shape index (κ3) is 2.28. The van der Waals surface area contributed by atoms with Gasteiger partial charge in [-0.05, 0) is 48.3 Å². The monoisotopic (exact) mass is 294 g/mol. The van der Waals surface area contributed by atoms with Crippen LogP contribution in [0.4, 0.5) is 0 Å². The third-order valence-corrected chi connectivity index (χ3v) is 4.15. The molecule has 0 saturated heterocycles. The van der Waals surface area contributed by atoms with Crippen LogP contribution in [0.3, 0.4) is 0 Å². The average molecular weight is 294 g/mol.